The van der Waals surface area contributed by atoms with Crippen LogP contribution in [-0.4, -0.2) is 63.6 Å². The van der Waals surface area contributed by atoms with Crippen LogP contribution >= 0.6 is 0 Å². The number of carbonyl (C=O) groups is 2. The second kappa shape index (κ2) is 11.2. The summed E-state index contributed by atoms with van der Waals surface area (Å²) in [5.74, 6) is -0.580. The maximum Gasteiger partial charge on any atom is 0.416 e. The highest BCUT2D eigenvalue weighted by atomic mass is 19.4. The molecule has 4 aromatic rings. The van der Waals surface area contributed by atoms with Crippen molar-refractivity contribution in [3.05, 3.63) is 71.9 Å². The lowest BCUT2D eigenvalue weighted by molar-refractivity contribution is -0.137. The first-order valence-electron chi connectivity index (χ1n) is 13.1. The van der Waals surface area contributed by atoms with E-state index in [-0.39, 0.29) is 17.8 Å². The fourth-order valence-electron chi connectivity index (χ4n) is 5.07. The molecule has 4 amide bonds. The third-order valence-electron chi connectivity index (χ3n) is 7.17. The van der Waals surface area contributed by atoms with Gasteiger partial charge >= 0.3 is 18.2 Å². The van der Waals surface area contributed by atoms with E-state index in [0.717, 1.165) is 29.7 Å². The van der Waals surface area contributed by atoms with Crippen LogP contribution in [-0.2, 0) is 6.18 Å². The summed E-state index contributed by atoms with van der Waals surface area (Å²) >= 11 is 0. The topological polar surface area (TPSA) is 121 Å². The van der Waals surface area contributed by atoms with Gasteiger partial charge in [-0.05, 0) is 54.8 Å². The van der Waals surface area contributed by atoms with Crippen molar-refractivity contribution < 1.29 is 27.2 Å². The van der Waals surface area contributed by atoms with E-state index in [4.69, 9.17) is 5.73 Å². The van der Waals surface area contributed by atoms with Crippen LogP contribution in [0.2, 0.25) is 0 Å². The van der Waals surface area contributed by atoms with Gasteiger partial charge in [0.15, 0.2) is 5.82 Å². The molecular formula is C28H28F4N8O2. The van der Waals surface area contributed by atoms with Gasteiger partial charge in [0.25, 0.3) is 0 Å². The van der Waals surface area contributed by atoms with Crippen molar-refractivity contribution in [1.82, 2.24) is 24.4 Å². The van der Waals surface area contributed by atoms with Gasteiger partial charge in [-0.1, -0.05) is 12.1 Å². The second-order valence-corrected chi connectivity index (χ2v) is 10.2. The summed E-state index contributed by atoms with van der Waals surface area (Å²) in [5.41, 5.74) is 8.00. The van der Waals surface area contributed by atoms with E-state index in [1.807, 2.05) is 11.0 Å². The van der Waals surface area contributed by atoms with Crippen LogP contribution in [0.4, 0.5) is 44.3 Å². The summed E-state index contributed by atoms with van der Waals surface area (Å²) in [6, 6.07) is 9.53. The van der Waals surface area contributed by atoms with Crippen LogP contribution < -0.4 is 16.4 Å². The van der Waals surface area contributed by atoms with Gasteiger partial charge in [-0.2, -0.15) is 18.3 Å². The number of aromatic nitrogens is 3. The second-order valence-electron chi connectivity index (χ2n) is 10.2. The van der Waals surface area contributed by atoms with Crippen LogP contribution in [0.25, 0.3) is 16.6 Å². The lowest BCUT2D eigenvalue weighted by atomic mass is 9.93. The number of rotatable bonds is 4. The average Bonchev–Trinajstić information content (AvgIpc) is 3.34. The van der Waals surface area contributed by atoms with Crippen LogP contribution in [0.15, 0.2) is 54.9 Å². The number of hydrogen-bond acceptors (Lipinski definition) is 5. The molecule has 0 unspecified atom stereocenters. The van der Waals surface area contributed by atoms with E-state index in [0.29, 0.717) is 42.5 Å². The van der Waals surface area contributed by atoms with Crippen LogP contribution in [0, 0.1) is 5.82 Å². The molecule has 0 radical (unpaired) electrons. The molecule has 5 rings (SSSR count). The SMILES string of the molecule is CN(C)C(=O)N1CCC(c2cc(-c3ccc(NC(=O)Nc4cc(C(F)(F)F)ccc4F)cc3)c3c(N)ncnn23)CC1. The van der Waals surface area contributed by atoms with Gasteiger partial charge in [0.05, 0.1) is 11.3 Å². The van der Waals surface area contributed by atoms with Gasteiger partial charge in [-0.15, -0.1) is 0 Å². The number of fused-ring (bicyclic) bond motifs is 1. The molecule has 0 aliphatic carbocycles. The van der Waals surface area contributed by atoms with Crippen molar-refractivity contribution in [1.29, 1.82) is 0 Å². The summed E-state index contributed by atoms with van der Waals surface area (Å²) in [6.45, 7) is 1.22. The highest BCUT2D eigenvalue weighted by Crippen LogP contribution is 2.37. The third-order valence-corrected chi connectivity index (χ3v) is 7.17. The van der Waals surface area contributed by atoms with Gasteiger partial charge in [0.2, 0.25) is 0 Å². The van der Waals surface area contributed by atoms with Crippen molar-refractivity contribution in [3.63, 3.8) is 0 Å². The number of likely N-dealkylation sites (tertiary alicyclic amines) is 1. The predicted octanol–water partition coefficient (Wildman–Crippen LogP) is 5.64. The van der Waals surface area contributed by atoms with Crippen LogP contribution in [0.5, 0.6) is 0 Å². The van der Waals surface area contributed by atoms with Crippen molar-refractivity contribution in [2.45, 2.75) is 24.9 Å². The Morgan fingerprint density at radius 2 is 1.71 bits per heavy atom. The summed E-state index contributed by atoms with van der Waals surface area (Å²) < 4.78 is 54.7. The Kier molecular flexibility index (Phi) is 7.63. The Morgan fingerprint density at radius 1 is 1.02 bits per heavy atom. The number of benzene rings is 2. The number of urea groups is 2. The fraction of sp³-hybridized carbons (Fsp3) is 0.286. The van der Waals surface area contributed by atoms with E-state index in [2.05, 4.69) is 20.7 Å². The molecule has 1 aliphatic rings. The molecular weight excluding hydrogens is 556 g/mol. The Hall–Kier alpha value is -4.88. The number of halogens is 4. The first-order valence-corrected chi connectivity index (χ1v) is 13.1. The fourth-order valence-corrected chi connectivity index (χ4v) is 5.07. The number of nitrogen functional groups attached to an aromatic ring is 1. The van der Waals surface area contributed by atoms with E-state index in [1.54, 1.807) is 47.8 Å². The van der Waals surface area contributed by atoms with E-state index < -0.39 is 29.3 Å². The summed E-state index contributed by atoms with van der Waals surface area (Å²) in [7, 11) is 3.45. The monoisotopic (exact) mass is 584 g/mol. The summed E-state index contributed by atoms with van der Waals surface area (Å²) in [4.78, 5) is 32.3. The smallest absolute Gasteiger partial charge is 0.382 e. The molecule has 1 aliphatic heterocycles. The number of carbonyl (C=O) groups excluding carboxylic acids is 2. The maximum absolute atomic E-state index is 14.0. The number of nitrogens with one attached hydrogen (secondary N) is 2. The molecule has 4 N–H and O–H groups in total. The van der Waals surface area contributed by atoms with Gasteiger partial charge in [0.1, 0.15) is 17.7 Å². The van der Waals surface area contributed by atoms with Gasteiger partial charge in [-0.3, -0.25) is 0 Å². The Labute approximate surface area is 238 Å². The largest absolute Gasteiger partial charge is 0.416 e. The molecule has 42 heavy (non-hydrogen) atoms. The number of alkyl halides is 3. The van der Waals surface area contributed by atoms with Crippen molar-refractivity contribution in [3.8, 4) is 11.1 Å². The Morgan fingerprint density at radius 3 is 2.36 bits per heavy atom. The standard InChI is InChI=1S/C28H28F4N8O2/c1-38(2)27(42)39-11-9-17(10-12-39)23-14-20(24-25(33)34-15-35-40(23)24)16-3-6-19(7-4-16)36-26(41)37-22-13-18(28(30,31)32)5-8-21(22)29/h3-8,13-15,17H,9-12H2,1-2H3,(H2,33,34,35)(H2,36,37,41). The van der Waals surface area contributed by atoms with Crippen LogP contribution in [0.3, 0.4) is 0 Å². The summed E-state index contributed by atoms with van der Waals surface area (Å²) in [6.07, 6.45) is -1.80. The zero-order valence-corrected chi connectivity index (χ0v) is 22.7. The highest BCUT2D eigenvalue weighted by Gasteiger charge is 2.31. The van der Waals surface area contributed by atoms with Crippen molar-refractivity contribution in [2.24, 2.45) is 0 Å². The first-order chi connectivity index (χ1) is 19.9. The molecule has 1 saturated heterocycles. The first kappa shape index (κ1) is 28.6. The zero-order chi connectivity index (χ0) is 30.2. The Bertz CT molecular complexity index is 1630. The van der Waals surface area contributed by atoms with Gasteiger partial charge in [0, 0.05) is 50.0 Å². The number of anilines is 3. The van der Waals surface area contributed by atoms with Gasteiger partial charge in [-0.25, -0.2) is 23.5 Å². The molecule has 2 aromatic carbocycles. The minimum Gasteiger partial charge on any atom is -0.382 e. The number of nitrogens with zero attached hydrogens (tertiary/aromatic N) is 5. The molecule has 2 aromatic heterocycles. The number of nitrogens with two attached hydrogens (primary N) is 1. The number of amides is 4. The molecule has 220 valence electrons. The molecule has 0 atom stereocenters. The maximum atomic E-state index is 14.0. The minimum atomic E-state index is -4.68. The van der Waals surface area contributed by atoms with Crippen molar-refractivity contribution in [2.75, 3.05) is 43.6 Å². The third kappa shape index (κ3) is 5.78. The Balaban J connectivity index is 1.34. The molecule has 0 spiro atoms. The molecule has 1 fully saturated rings. The van der Waals surface area contributed by atoms with E-state index in [9.17, 15) is 27.2 Å². The molecule has 0 saturated carbocycles. The lowest BCUT2D eigenvalue weighted by Gasteiger charge is -2.33. The van der Waals surface area contributed by atoms with E-state index in [1.165, 1.54) is 6.33 Å². The molecule has 14 heteroatoms. The van der Waals surface area contributed by atoms with Crippen LogP contribution in [0.1, 0.15) is 30.0 Å². The average molecular weight is 585 g/mol. The minimum absolute atomic E-state index is 0.0249. The number of hydrogen-bond donors (Lipinski definition) is 3. The molecule has 0 bridgehead atoms. The summed E-state index contributed by atoms with van der Waals surface area (Å²) in [5, 5.41) is 9.05. The predicted molar refractivity (Wildman–Crippen MR) is 150 cm³/mol. The zero-order valence-electron chi connectivity index (χ0n) is 22.7. The lowest BCUT2D eigenvalue weighted by Crippen LogP contribution is -2.43. The highest BCUT2D eigenvalue weighted by molar-refractivity contribution is 6.00. The quantitative estimate of drug-likeness (QED) is 0.268. The van der Waals surface area contributed by atoms with Gasteiger partial charge < -0.3 is 26.2 Å². The molecule has 10 nitrogen and oxygen atoms in total. The number of piperidine rings is 1. The van der Waals surface area contributed by atoms with Crippen molar-refractivity contribution >= 4 is 34.8 Å². The normalized spacial score (nSPS) is 14.2. The van der Waals surface area contributed by atoms with E-state index >= 15 is 0 Å². The molecule has 3 heterocycles.